The number of hydrogen-bond donors (Lipinski definition) is 0. The lowest BCUT2D eigenvalue weighted by atomic mass is 10.2. The van der Waals surface area contributed by atoms with Gasteiger partial charge < -0.3 is 14.2 Å². The van der Waals surface area contributed by atoms with Crippen LogP contribution in [0.15, 0.2) is 42.7 Å². The van der Waals surface area contributed by atoms with Crippen LogP contribution in [0.25, 0.3) is 6.08 Å². The third-order valence-corrected chi connectivity index (χ3v) is 3.35. The number of halogens is 1. The second kappa shape index (κ2) is 9.36. The van der Waals surface area contributed by atoms with Crippen molar-refractivity contribution in [1.29, 1.82) is 0 Å². The number of ether oxygens (including phenoxy) is 3. The standard InChI is InChI=1S/C19H16ClNO4/c1-3-9-24-18(22)7-6-14-10-16(20)19(17(11-14)23-2)25-13-15-5-4-8-21-12-15/h1,4-8,10-12H,9,13H2,2H3/b7-6+. The van der Waals surface area contributed by atoms with Crippen molar-refractivity contribution in [2.24, 2.45) is 0 Å². The zero-order valence-electron chi connectivity index (χ0n) is 13.6. The topological polar surface area (TPSA) is 57.7 Å². The average Bonchev–Trinajstić information content (AvgIpc) is 2.64. The van der Waals surface area contributed by atoms with E-state index in [-0.39, 0.29) is 6.61 Å². The number of benzene rings is 1. The fourth-order valence-electron chi connectivity index (χ4n) is 1.94. The third kappa shape index (κ3) is 5.55. The largest absolute Gasteiger partial charge is 0.493 e. The van der Waals surface area contributed by atoms with E-state index in [0.717, 1.165) is 5.56 Å². The quantitative estimate of drug-likeness (QED) is 0.431. The summed E-state index contributed by atoms with van der Waals surface area (Å²) >= 11 is 6.28. The summed E-state index contributed by atoms with van der Waals surface area (Å²) in [5.74, 6) is 2.55. The Bertz CT molecular complexity index is 797. The van der Waals surface area contributed by atoms with Gasteiger partial charge in [0.25, 0.3) is 0 Å². The highest BCUT2D eigenvalue weighted by molar-refractivity contribution is 6.32. The zero-order chi connectivity index (χ0) is 18.1. The van der Waals surface area contributed by atoms with E-state index >= 15 is 0 Å². The molecule has 0 bridgehead atoms. The molecule has 0 amide bonds. The van der Waals surface area contributed by atoms with Gasteiger partial charge in [0.2, 0.25) is 0 Å². The first-order valence-electron chi connectivity index (χ1n) is 7.31. The molecule has 0 spiro atoms. The van der Waals surface area contributed by atoms with Crippen LogP contribution in [-0.2, 0) is 16.1 Å². The van der Waals surface area contributed by atoms with E-state index in [1.807, 2.05) is 12.1 Å². The molecule has 0 radical (unpaired) electrons. The Morgan fingerprint density at radius 2 is 2.28 bits per heavy atom. The number of hydrogen-bond acceptors (Lipinski definition) is 5. The summed E-state index contributed by atoms with van der Waals surface area (Å²) in [5, 5.41) is 0.361. The van der Waals surface area contributed by atoms with E-state index in [4.69, 9.17) is 32.2 Å². The van der Waals surface area contributed by atoms with Gasteiger partial charge in [-0.1, -0.05) is 23.6 Å². The fraction of sp³-hybridized carbons (Fsp3) is 0.158. The van der Waals surface area contributed by atoms with Crippen LogP contribution < -0.4 is 9.47 Å². The van der Waals surface area contributed by atoms with E-state index in [0.29, 0.717) is 28.7 Å². The number of carbonyl (C=O) groups excluding carboxylic acids is 1. The molecule has 1 aromatic heterocycles. The summed E-state index contributed by atoms with van der Waals surface area (Å²) in [5.41, 5.74) is 1.56. The van der Waals surface area contributed by atoms with E-state index in [9.17, 15) is 4.79 Å². The Kier molecular flexibility index (Phi) is 6.87. The van der Waals surface area contributed by atoms with Crippen molar-refractivity contribution < 1.29 is 19.0 Å². The predicted octanol–water partition coefficient (Wildman–Crippen LogP) is 3.51. The van der Waals surface area contributed by atoms with Crippen LogP contribution in [0.5, 0.6) is 11.5 Å². The summed E-state index contributed by atoms with van der Waals surface area (Å²) in [4.78, 5) is 15.5. The van der Waals surface area contributed by atoms with Crippen molar-refractivity contribution in [1.82, 2.24) is 4.98 Å². The number of terminal acetylenes is 1. The minimum atomic E-state index is -0.537. The van der Waals surface area contributed by atoms with Crippen molar-refractivity contribution in [3.05, 3.63) is 58.9 Å². The average molecular weight is 358 g/mol. The molecule has 2 aromatic rings. The Morgan fingerprint density at radius 1 is 1.44 bits per heavy atom. The number of nitrogens with zero attached hydrogens (tertiary/aromatic N) is 1. The first-order valence-corrected chi connectivity index (χ1v) is 7.69. The predicted molar refractivity (Wildman–Crippen MR) is 95.4 cm³/mol. The molecule has 0 atom stereocenters. The van der Waals surface area contributed by atoms with E-state index in [1.54, 1.807) is 30.6 Å². The Balaban J connectivity index is 2.13. The molecule has 0 aliphatic rings. The molecule has 6 heteroatoms. The highest BCUT2D eigenvalue weighted by Crippen LogP contribution is 2.37. The molecule has 5 nitrogen and oxygen atoms in total. The lowest BCUT2D eigenvalue weighted by molar-refractivity contribution is -0.136. The summed E-state index contributed by atoms with van der Waals surface area (Å²) in [7, 11) is 1.51. The van der Waals surface area contributed by atoms with Gasteiger partial charge in [-0.15, -0.1) is 6.42 Å². The number of methoxy groups -OCH3 is 1. The van der Waals surface area contributed by atoms with Crippen LogP contribution in [0.3, 0.4) is 0 Å². The van der Waals surface area contributed by atoms with Crippen molar-refractivity contribution in [2.45, 2.75) is 6.61 Å². The van der Waals surface area contributed by atoms with Crippen molar-refractivity contribution >= 4 is 23.6 Å². The van der Waals surface area contributed by atoms with Crippen LogP contribution in [0.2, 0.25) is 5.02 Å². The minimum Gasteiger partial charge on any atom is -0.493 e. The normalized spacial score (nSPS) is 10.3. The van der Waals surface area contributed by atoms with Gasteiger partial charge in [-0.05, 0) is 29.8 Å². The number of aromatic nitrogens is 1. The van der Waals surface area contributed by atoms with Crippen molar-refractivity contribution in [3.63, 3.8) is 0 Å². The highest BCUT2D eigenvalue weighted by atomic mass is 35.5. The molecule has 0 aliphatic carbocycles. The monoisotopic (exact) mass is 357 g/mol. The summed E-state index contributed by atoms with van der Waals surface area (Å²) in [6.07, 6.45) is 11.2. The fourth-order valence-corrected chi connectivity index (χ4v) is 2.21. The lowest BCUT2D eigenvalue weighted by Gasteiger charge is -2.13. The SMILES string of the molecule is C#CCOC(=O)/C=C/c1cc(Cl)c(OCc2cccnc2)c(OC)c1. The van der Waals surface area contributed by atoms with Crippen LogP contribution in [0, 0.1) is 12.3 Å². The molecular formula is C19H16ClNO4. The summed E-state index contributed by atoms with van der Waals surface area (Å²) < 4.78 is 15.8. The summed E-state index contributed by atoms with van der Waals surface area (Å²) in [6, 6.07) is 7.08. The van der Waals surface area contributed by atoms with E-state index in [1.165, 1.54) is 13.2 Å². The van der Waals surface area contributed by atoms with Gasteiger partial charge in [-0.2, -0.15) is 0 Å². The molecule has 0 saturated heterocycles. The number of carbonyl (C=O) groups is 1. The van der Waals surface area contributed by atoms with Crippen LogP contribution >= 0.6 is 11.6 Å². The molecule has 0 N–H and O–H groups in total. The van der Waals surface area contributed by atoms with Gasteiger partial charge in [-0.25, -0.2) is 4.79 Å². The molecule has 1 heterocycles. The number of pyridine rings is 1. The van der Waals surface area contributed by atoms with E-state index < -0.39 is 5.97 Å². The maximum absolute atomic E-state index is 11.4. The molecule has 1 aromatic carbocycles. The van der Waals surface area contributed by atoms with Gasteiger partial charge >= 0.3 is 5.97 Å². The third-order valence-electron chi connectivity index (χ3n) is 3.07. The minimum absolute atomic E-state index is 0.0750. The maximum atomic E-state index is 11.4. The van der Waals surface area contributed by atoms with Crippen molar-refractivity contribution in [3.8, 4) is 23.8 Å². The van der Waals surface area contributed by atoms with Gasteiger partial charge in [0.05, 0.1) is 12.1 Å². The molecule has 0 unspecified atom stereocenters. The molecule has 25 heavy (non-hydrogen) atoms. The highest BCUT2D eigenvalue weighted by Gasteiger charge is 2.12. The molecule has 0 saturated carbocycles. The molecule has 128 valence electrons. The lowest BCUT2D eigenvalue weighted by Crippen LogP contribution is -2.00. The van der Waals surface area contributed by atoms with Crippen molar-refractivity contribution in [2.75, 3.05) is 13.7 Å². The molecular weight excluding hydrogens is 342 g/mol. The zero-order valence-corrected chi connectivity index (χ0v) is 14.3. The first-order chi connectivity index (χ1) is 12.1. The number of esters is 1. The molecule has 2 rings (SSSR count). The number of rotatable bonds is 7. The molecule has 0 fully saturated rings. The van der Waals surface area contributed by atoms with Crippen LogP contribution in [0.1, 0.15) is 11.1 Å². The second-order valence-corrected chi connectivity index (χ2v) is 5.24. The molecule has 0 aliphatic heterocycles. The van der Waals surface area contributed by atoms with Crippen LogP contribution in [-0.4, -0.2) is 24.7 Å². The summed E-state index contributed by atoms with van der Waals surface area (Å²) in [6.45, 7) is 0.228. The Labute approximate surface area is 151 Å². The smallest absolute Gasteiger partial charge is 0.331 e. The Hall–Kier alpha value is -2.97. The van der Waals surface area contributed by atoms with Gasteiger partial charge in [0.1, 0.15) is 6.61 Å². The van der Waals surface area contributed by atoms with Gasteiger partial charge in [0, 0.05) is 24.0 Å². The van der Waals surface area contributed by atoms with Gasteiger partial charge in [0.15, 0.2) is 18.1 Å². The first kappa shape index (κ1) is 18.4. The van der Waals surface area contributed by atoms with E-state index in [2.05, 4.69) is 10.9 Å². The maximum Gasteiger partial charge on any atom is 0.331 e. The van der Waals surface area contributed by atoms with Gasteiger partial charge in [-0.3, -0.25) is 4.98 Å². The Morgan fingerprint density at radius 3 is 2.96 bits per heavy atom. The second-order valence-electron chi connectivity index (χ2n) is 4.83. The van der Waals surface area contributed by atoms with Crippen LogP contribution in [0.4, 0.5) is 0 Å².